The van der Waals surface area contributed by atoms with Gasteiger partial charge in [0.05, 0.1) is 17.6 Å². The number of nitrogens with zero attached hydrogens (tertiary/aromatic N) is 1. The molecule has 0 aliphatic carbocycles. The Labute approximate surface area is 171 Å². The number of ether oxygens (including phenoxy) is 1. The lowest BCUT2D eigenvalue weighted by Gasteiger charge is -2.07. The Morgan fingerprint density at radius 3 is 2.82 bits per heavy atom. The second kappa shape index (κ2) is 7.61. The Morgan fingerprint density at radius 1 is 1.25 bits per heavy atom. The summed E-state index contributed by atoms with van der Waals surface area (Å²) in [7, 11) is 1.37. The minimum Gasteiger partial charge on any atom is -0.465 e. The number of para-hydroxylation sites is 1. The van der Waals surface area contributed by atoms with Gasteiger partial charge in [-0.3, -0.25) is 4.79 Å². The SMILES string of the molecule is COC(=O)c1cccc(Cn2cc(C=C3SC(=S)NC3=O)c3ccccc32)c1. The molecule has 28 heavy (non-hydrogen) atoms. The maximum absolute atomic E-state index is 12.0. The van der Waals surface area contributed by atoms with Gasteiger partial charge in [0.25, 0.3) is 5.91 Å². The molecular weight excluding hydrogens is 392 g/mol. The number of carbonyl (C=O) groups excluding carboxylic acids is 2. The average molecular weight is 409 g/mol. The molecule has 1 aliphatic rings. The average Bonchev–Trinajstić information content (AvgIpc) is 3.21. The van der Waals surface area contributed by atoms with E-state index in [0.717, 1.165) is 22.0 Å². The minimum absolute atomic E-state index is 0.169. The van der Waals surface area contributed by atoms with Crippen LogP contribution in [0.2, 0.25) is 0 Å². The second-order valence-electron chi connectivity index (χ2n) is 6.27. The van der Waals surface area contributed by atoms with Crippen LogP contribution >= 0.6 is 24.0 Å². The zero-order valence-corrected chi connectivity index (χ0v) is 16.6. The zero-order valence-electron chi connectivity index (χ0n) is 15.0. The number of nitrogens with one attached hydrogen (secondary N) is 1. The number of methoxy groups -OCH3 is 1. The molecule has 4 rings (SSSR count). The Kier molecular flexibility index (Phi) is 5.02. The summed E-state index contributed by atoms with van der Waals surface area (Å²) in [5.41, 5.74) is 3.49. The number of benzene rings is 2. The molecule has 0 unspecified atom stereocenters. The minimum atomic E-state index is -0.357. The van der Waals surface area contributed by atoms with Crippen molar-refractivity contribution in [3.63, 3.8) is 0 Å². The van der Waals surface area contributed by atoms with Crippen LogP contribution in [0.1, 0.15) is 21.5 Å². The van der Waals surface area contributed by atoms with Crippen LogP contribution in [0.4, 0.5) is 0 Å². The van der Waals surface area contributed by atoms with E-state index in [2.05, 4.69) is 9.88 Å². The summed E-state index contributed by atoms with van der Waals surface area (Å²) in [5, 5.41) is 3.69. The fourth-order valence-corrected chi connectivity index (χ4v) is 4.23. The summed E-state index contributed by atoms with van der Waals surface area (Å²) in [5.74, 6) is -0.525. The Morgan fingerprint density at radius 2 is 2.07 bits per heavy atom. The van der Waals surface area contributed by atoms with Crippen molar-refractivity contribution < 1.29 is 14.3 Å². The third-order valence-corrected chi connectivity index (χ3v) is 5.61. The molecule has 140 valence electrons. The molecule has 1 aliphatic heterocycles. The molecule has 1 saturated heterocycles. The molecule has 1 N–H and O–H groups in total. The third-order valence-electron chi connectivity index (χ3n) is 4.45. The highest BCUT2D eigenvalue weighted by atomic mass is 32.2. The van der Waals surface area contributed by atoms with Gasteiger partial charge in [0.2, 0.25) is 0 Å². The van der Waals surface area contributed by atoms with Gasteiger partial charge >= 0.3 is 5.97 Å². The summed E-state index contributed by atoms with van der Waals surface area (Å²) < 4.78 is 7.38. The molecule has 1 aromatic heterocycles. The van der Waals surface area contributed by atoms with Crippen LogP contribution in [0.15, 0.2) is 59.6 Å². The lowest BCUT2D eigenvalue weighted by Crippen LogP contribution is -2.17. The van der Waals surface area contributed by atoms with Gasteiger partial charge < -0.3 is 14.6 Å². The predicted octanol–water partition coefficient (Wildman–Crippen LogP) is 3.97. The number of aromatic nitrogens is 1. The first kappa shape index (κ1) is 18.5. The molecule has 0 bridgehead atoms. The standard InChI is InChI=1S/C21H16N2O3S2/c1-26-20(25)14-6-4-5-13(9-14)11-23-12-15(16-7-2-3-8-17(16)23)10-18-19(24)22-21(27)28-18/h2-10,12H,11H2,1H3,(H,22,24,27). The molecular formula is C21H16N2O3S2. The van der Waals surface area contributed by atoms with Crippen LogP contribution in [-0.4, -0.2) is 27.9 Å². The number of thioether (sulfide) groups is 1. The van der Waals surface area contributed by atoms with Crippen molar-refractivity contribution in [1.82, 2.24) is 9.88 Å². The van der Waals surface area contributed by atoms with Gasteiger partial charge in [-0.1, -0.05) is 54.3 Å². The van der Waals surface area contributed by atoms with Crippen molar-refractivity contribution >= 4 is 57.2 Å². The summed E-state index contributed by atoms with van der Waals surface area (Å²) in [4.78, 5) is 24.4. The van der Waals surface area contributed by atoms with Crippen molar-refractivity contribution in [1.29, 1.82) is 0 Å². The van der Waals surface area contributed by atoms with E-state index < -0.39 is 0 Å². The molecule has 0 spiro atoms. The Balaban J connectivity index is 1.73. The van der Waals surface area contributed by atoms with Gasteiger partial charge in [-0.25, -0.2) is 4.79 Å². The summed E-state index contributed by atoms with van der Waals surface area (Å²) in [6.07, 6.45) is 3.88. The molecule has 5 nitrogen and oxygen atoms in total. The number of hydrogen-bond donors (Lipinski definition) is 1. The van der Waals surface area contributed by atoms with E-state index in [1.807, 2.05) is 54.7 Å². The lowest BCUT2D eigenvalue weighted by atomic mass is 10.1. The smallest absolute Gasteiger partial charge is 0.337 e. The van der Waals surface area contributed by atoms with Crippen molar-refractivity contribution in [3.05, 3.63) is 76.3 Å². The Bertz CT molecular complexity index is 1150. The number of rotatable bonds is 4. The Hall–Kier alpha value is -2.90. The number of fused-ring (bicyclic) bond motifs is 1. The van der Waals surface area contributed by atoms with Gasteiger partial charge in [0.15, 0.2) is 0 Å². The van der Waals surface area contributed by atoms with E-state index in [-0.39, 0.29) is 11.9 Å². The lowest BCUT2D eigenvalue weighted by molar-refractivity contribution is -0.115. The van der Waals surface area contributed by atoms with E-state index >= 15 is 0 Å². The fraction of sp³-hybridized carbons (Fsp3) is 0.0952. The highest BCUT2D eigenvalue weighted by Crippen LogP contribution is 2.30. The molecule has 3 aromatic rings. The molecule has 7 heteroatoms. The second-order valence-corrected chi connectivity index (χ2v) is 7.99. The number of thiocarbonyl (C=S) groups is 1. The van der Waals surface area contributed by atoms with Gasteiger partial charge in [0, 0.05) is 29.2 Å². The monoisotopic (exact) mass is 408 g/mol. The highest BCUT2D eigenvalue weighted by molar-refractivity contribution is 8.26. The normalized spacial score (nSPS) is 15.2. The highest BCUT2D eigenvalue weighted by Gasteiger charge is 2.22. The van der Waals surface area contributed by atoms with E-state index in [9.17, 15) is 9.59 Å². The van der Waals surface area contributed by atoms with Crippen LogP contribution in [0.3, 0.4) is 0 Å². The topological polar surface area (TPSA) is 60.3 Å². The first-order valence-corrected chi connectivity index (χ1v) is 9.77. The first-order chi connectivity index (χ1) is 13.5. The molecule has 0 radical (unpaired) electrons. The van der Waals surface area contributed by atoms with E-state index in [4.69, 9.17) is 17.0 Å². The van der Waals surface area contributed by atoms with Gasteiger partial charge in [0.1, 0.15) is 4.32 Å². The fourth-order valence-electron chi connectivity index (χ4n) is 3.19. The van der Waals surface area contributed by atoms with Crippen molar-refractivity contribution in [2.24, 2.45) is 0 Å². The van der Waals surface area contributed by atoms with Crippen molar-refractivity contribution in [3.8, 4) is 0 Å². The third kappa shape index (κ3) is 3.58. The maximum atomic E-state index is 12.0. The molecule has 1 fully saturated rings. The number of hydrogen-bond acceptors (Lipinski definition) is 5. The van der Waals surface area contributed by atoms with Crippen LogP contribution in [0.5, 0.6) is 0 Å². The van der Waals surface area contributed by atoms with Crippen LogP contribution in [0.25, 0.3) is 17.0 Å². The van der Waals surface area contributed by atoms with Crippen LogP contribution < -0.4 is 5.32 Å². The number of esters is 1. The molecule has 0 atom stereocenters. The predicted molar refractivity (Wildman–Crippen MR) is 115 cm³/mol. The van der Waals surface area contributed by atoms with Gasteiger partial charge in [-0.05, 0) is 29.8 Å². The summed E-state index contributed by atoms with van der Waals surface area (Å²) in [6, 6.07) is 15.4. The first-order valence-electron chi connectivity index (χ1n) is 8.55. The van der Waals surface area contributed by atoms with Crippen molar-refractivity contribution in [2.45, 2.75) is 6.54 Å². The zero-order chi connectivity index (χ0) is 19.7. The van der Waals surface area contributed by atoms with Crippen LogP contribution in [0, 0.1) is 0 Å². The van der Waals surface area contributed by atoms with Crippen molar-refractivity contribution in [2.75, 3.05) is 7.11 Å². The summed E-state index contributed by atoms with van der Waals surface area (Å²) in [6.45, 7) is 0.590. The van der Waals surface area contributed by atoms with E-state index in [1.165, 1.54) is 18.9 Å². The van der Waals surface area contributed by atoms with Gasteiger partial charge in [-0.15, -0.1) is 0 Å². The largest absolute Gasteiger partial charge is 0.465 e. The number of carbonyl (C=O) groups is 2. The molecule has 2 aromatic carbocycles. The quantitative estimate of drug-likeness (QED) is 0.402. The van der Waals surface area contributed by atoms with E-state index in [0.29, 0.717) is 21.3 Å². The maximum Gasteiger partial charge on any atom is 0.337 e. The van der Waals surface area contributed by atoms with Crippen LogP contribution in [-0.2, 0) is 16.1 Å². The molecule has 0 saturated carbocycles. The van der Waals surface area contributed by atoms with E-state index in [1.54, 1.807) is 6.07 Å². The summed E-state index contributed by atoms with van der Waals surface area (Å²) >= 11 is 6.34. The molecule has 1 amide bonds. The molecule has 2 heterocycles. The number of amides is 1. The van der Waals surface area contributed by atoms with Gasteiger partial charge in [-0.2, -0.15) is 0 Å².